The summed E-state index contributed by atoms with van der Waals surface area (Å²) in [5.74, 6) is 0. The van der Waals surface area contributed by atoms with Gasteiger partial charge in [0.2, 0.25) is 0 Å². The van der Waals surface area contributed by atoms with E-state index in [0.717, 1.165) is 32.7 Å². The summed E-state index contributed by atoms with van der Waals surface area (Å²) in [5.41, 5.74) is 3.36. The van der Waals surface area contributed by atoms with Crippen molar-refractivity contribution in [3.05, 3.63) is 182 Å². The predicted octanol–water partition coefficient (Wildman–Crippen LogP) is 13.0. The average molecular weight is 597 g/mol. The summed E-state index contributed by atoms with van der Waals surface area (Å²) in [7, 11) is 0. The Bertz CT molecular complexity index is 3320. The summed E-state index contributed by atoms with van der Waals surface area (Å²) in [5, 5.41) is 4.42. The molecule has 0 fully saturated rings. The Morgan fingerprint density at radius 2 is 0.826 bits per heavy atom. The molecule has 0 aliphatic heterocycles. The number of fused-ring (bicyclic) bond motifs is 4. The zero-order chi connectivity index (χ0) is 42.6. The van der Waals surface area contributed by atoms with E-state index in [9.17, 15) is 2.74 Å². The van der Waals surface area contributed by atoms with E-state index in [-0.39, 0.29) is 45.6 Å². The number of hydrogen-bond donors (Lipinski definition) is 0. The van der Waals surface area contributed by atoms with Crippen molar-refractivity contribution in [1.82, 2.24) is 0 Å². The van der Waals surface area contributed by atoms with Crippen LogP contribution in [0.2, 0.25) is 0 Å². The van der Waals surface area contributed by atoms with Crippen molar-refractivity contribution in [3.8, 4) is 44.5 Å². The van der Waals surface area contributed by atoms with E-state index in [1.165, 1.54) is 0 Å². The highest BCUT2D eigenvalue weighted by molar-refractivity contribution is 6.24. The first-order chi connectivity index (χ1) is 28.6. The third-order valence-corrected chi connectivity index (χ3v) is 8.53. The second-order valence-electron chi connectivity index (χ2n) is 11.0. The molecule has 0 unspecified atom stereocenters. The molecule has 0 spiro atoms. The van der Waals surface area contributed by atoms with Crippen LogP contribution >= 0.6 is 0 Å². The summed E-state index contributed by atoms with van der Waals surface area (Å²) in [6.07, 6.45) is 0. The third kappa shape index (κ3) is 4.30. The lowest BCUT2D eigenvalue weighted by Gasteiger charge is -2.19. The van der Waals surface area contributed by atoms with Crippen molar-refractivity contribution in [2.45, 2.75) is 0 Å². The highest BCUT2D eigenvalue weighted by Gasteiger charge is 2.18. The van der Waals surface area contributed by atoms with E-state index in [1.54, 1.807) is 24.3 Å². The van der Waals surface area contributed by atoms with Crippen molar-refractivity contribution in [2.75, 3.05) is 0 Å². The number of rotatable bonds is 4. The van der Waals surface area contributed by atoms with Gasteiger partial charge in [0.1, 0.15) is 0 Å². The molecular formula is C46H30. The Labute approximate surface area is 288 Å². The highest BCUT2D eigenvalue weighted by Crippen LogP contribution is 2.46. The molecule has 0 amide bonds. The molecular weight excluding hydrogens is 553 g/mol. The van der Waals surface area contributed by atoms with Gasteiger partial charge in [0, 0.05) is 0 Å². The lowest BCUT2D eigenvalue weighted by atomic mass is 9.84. The fraction of sp³-hybridized carbons (Fsp3) is 0. The van der Waals surface area contributed by atoms with Crippen molar-refractivity contribution >= 4 is 43.1 Å². The molecule has 0 nitrogen and oxygen atoms in total. The van der Waals surface area contributed by atoms with Crippen LogP contribution in [0.15, 0.2) is 182 Å². The quantitative estimate of drug-likeness (QED) is 0.177. The average Bonchev–Trinajstić information content (AvgIpc) is 3.26. The first-order valence-corrected chi connectivity index (χ1v) is 14.8. The molecule has 214 valence electrons. The van der Waals surface area contributed by atoms with Gasteiger partial charge in [0.25, 0.3) is 0 Å². The maximum atomic E-state index is 9.34. The summed E-state index contributed by atoms with van der Waals surface area (Å²) in [6.45, 7) is 0. The monoisotopic (exact) mass is 596 g/mol. The molecule has 0 heteroatoms. The molecule has 0 aromatic heterocycles. The second kappa shape index (κ2) is 10.9. The van der Waals surface area contributed by atoms with E-state index in [4.69, 9.17) is 16.4 Å². The van der Waals surface area contributed by atoms with Gasteiger partial charge >= 0.3 is 0 Å². The Kier molecular flexibility index (Phi) is 3.74. The van der Waals surface area contributed by atoms with Crippen LogP contribution in [0.3, 0.4) is 0 Å². The zero-order valence-electron chi connectivity index (χ0n) is 38.2. The fourth-order valence-electron chi connectivity index (χ4n) is 6.53. The highest BCUT2D eigenvalue weighted by atomic mass is 14.2. The summed E-state index contributed by atoms with van der Waals surface area (Å²) >= 11 is 0. The normalized spacial score (nSPS) is 15.7. The summed E-state index contributed by atoms with van der Waals surface area (Å²) in [6, 6.07) is 23.6. The Morgan fingerprint density at radius 1 is 0.304 bits per heavy atom. The van der Waals surface area contributed by atoms with E-state index in [0.29, 0.717) is 27.5 Å². The van der Waals surface area contributed by atoms with Crippen LogP contribution in [-0.2, 0) is 0 Å². The minimum absolute atomic E-state index is 0.0332. The van der Waals surface area contributed by atoms with Gasteiger partial charge in [-0.25, -0.2) is 0 Å². The van der Waals surface area contributed by atoms with Gasteiger partial charge in [-0.15, -0.1) is 0 Å². The Hall–Kier alpha value is -5.98. The molecule has 0 bridgehead atoms. The van der Waals surface area contributed by atoms with Gasteiger partial charge in [0.15, 0.2) is 0 Å². The lowest BCUT2D eigenvalue weighted by molar-refractivity contribution is 1.63. The van der Waals surface area contributed by atoms with Crippen LogP contribution in [0.25, 0.3) is 87.6 Å². The van der Waals surface area contributed by atoms with Crippen LogP contribution in [0.5, 0.6) is 0 Å². The fourth-order valence-corrected chi connectivity index (χ4v) is 6.53. The van der Waals surface area contributed by atoms with E-state index >= 15 is 0 Å². The van der Waals surface area contributed by atoms with E-state index < -0.39 is 66.5 Å². The molecule has 9 rings (SSSR count). The minimum atomic E-state index is -0.576. The molecule has 0 aliphatic carbocycles. The molecule has 9 aromatic carbocycles. The van der Waals surface area contributed by atoms with Gasteiger partial charge in [-0.1, -0.05) is 170 Å². The van der Waals surface area contributed by atoms with Crippen molar-refractivity contribution < 1.29 is 19.2 Å². The van der Waals surface area contributed by atoms with Crippen molar-refractivity contribution in [3.63, 3.8) is 0 Å². The third-order valence-electron chi connectivity index (χ3n) is 8.53. The molecule has 0 N–H and O–H groups in total. The largest absolute Gasteiger partial charge is 0.0629 e. The van der Waals surface area contributed by atoms with Crippen molar-refractivity contribution in [1.29, 1.82) is 0 Å². The summed E-state index contributed by atoms with van der Waals surface area (Å²) < 4.78 is 121. The Balaban J connectivity index is 1.33. The van der Waals surface area contributed by atoms with E-state index in [1.807, 2.05) is 72.8 Å². The smallest absolute Gasteiger partial charge is 0.0622 e. The zero-order valence-corrected chi connectivity index (χ0v) is 24.2. The van der Waals surface area contributed by atoms with Gasteiger partial charge in [-0.05, 0) is 99.7 Å². The van der Waals surface area contributed by atoms with Gasteiger partial charge < -0.3 is 0 Å². The maximum absolute atomic E-state index is 9.34. The molecule has 0 atom stereocenters. The first kappa shape index (κ1) is 15.8. The predicted molar refractivity (Wildman–Crippen MR) is 198 cm³/mol. The first-order valence-electron chi connectivity index (χ1n) is 21.8. The van der Waals surface area contributed by atoms with Crippen molar-refractivity contribution in [2.24, 2.45) is 0 Å². The maximum Gasteiger partial charge on any atom is 0.0629 e. The van der Waals surface area contributed by atoms with E-state index in [2.05, 4.69) is 0 Å². The van der Waals surface area contributed by atoms with Crippen LogP contribution in [-0.4, -0.2) is 0 Å². The molecule has 0 radical (unpaired) electrons. The Morgan fingerprint density at radius 3 is 1.54 bits per heavy atom. The molecule has 9 aromatic rings. The van der Waals surface area contributed by atoms with Gasteiger partial charge in [0.05, 0.1) is 19.2 Å². The van der Waals surface area contributed by atoms with Gasteiger partial charge in [-0.2, -0.15) is 0 Å². The minimum Gasteiger partial charge on any atom is -0.0622 e. The molecule has 46 heavy (non-hydrogen) atoms. The van der Waals surface area contributed by atoms with Crippen LogP contribution < -0.4 is 0 Å². The van der Waals surface area contributed by atoms with Crippen LogP contribution in [0, 0.1) is 0 Å². The van der Waals surface area contributed by atoms with Crippen LogP contribution in [0.4, 0.5) is 0 Å². The standard InChI is InChI=1S/C46H30/c1-3-13-31(14-4-1)34-27-25-32-26-28-35(30-36(32)29-34)37-21-11-23-39-38(37)22-12-24-40(39)46-43-19-9-7-17-41(43)45(33-15-5-2-6-16-33)42-18-8-10-20-44(42)46/h1-30H/i1D,2D,3D,4D,5D,6D,7D,9D,13D,14D,15D,16D,17D,19D. The number of benzene rings is 9. The topological polar surface area (TPSA) is 0 Å². The number of hydrogen-bond acceptors (Lipinski definition) is 0. The molecule has 0 heterocycles. The SMILES string of the molecule is [2H]c1c([2H])c([2H])c(-c2ccc3ccc(-c4cccc5c(-c6c7ccccc7c(-c7c([2H])c([2H])c([2H])c([2H])c7[2H])c7c([2H])c([2H])c([2H])c([2H])c67)cccc45)cc3c2)c([2H])c1[2H]. The second-order valence-corrected chi connectivity index (χ2v) is 11.0. The molecule has 0 saturated heterocycles. The van der Waals surface area contributed by atoms with Gasteiger partial charge in [-0.3, -0.25) is 0 Å². The summed E-state index contributed by atoms with van der Waals surface area (Å²) in [4.78, 5) is 0. The van der Waals surface area contributed by atoms with Crippen LogP contribution in [0.1, 0.15) is 19.2 Å². The lowest BCUT2D eigenvalue weighted by Crippen LogP contribution is -1.92. The molecule has 0 saturated carbocycles. The molecule has 0 aliphatic rings.